The van der Waals surface area contributed by atoms with Crippen molar-refractivity contribution in [2.24, 2.45) is 5.92 Å². The molecule has 1 N–H and O–H groups in total. The van der Waals surface area contributed by atoms with Crippen molar-refractivity contribution in [1.82, 2.24) is 4.90 Å². The summed E-state index contributed by atoms with van der Waals surface area (Å²) in [4.78, 5) is 2.47. The first-order valence-electron chi connectivity index (χ1n) is 6.87. The quantitative estimate of drug-likeness (QED) is 0.824. The van der Waals surface area contributed by atoms with Gasteiger partial charge < -0.3 is 5.11 Å². The van der Waals surface area contributed by atoms with Crippen LogP contribution in [-0.4, -0.2) is 28.6 Å². The van der Waals surface area contributed by atoms with Gasteiger partial charge in [-0.3, -0.25) is 4.90 Å². The second-order valence-corrected chi connectivity index (χ2v) is 6.56. The van der Waals surface area contributed by atoms with Crippen LogP contribution in [0.4, 0.5) is 0 Å². The van der Waals surface area contributed by atoms with E-state index in [9.17, 15) is 5.11 Å². The molecule has 0 spiro atoms. The van der Waals surface area contributed by atoms with Crippen LogP contribution in [0.5, 0.6) is 0 Å². The van der Waals surface area contributed by atoms with E-state index >= 15 is 0 Å². The second-order valence-electron chi connectivity index (χ2n) is 6.56. The molecule has 0 bridgehead atoms. The Bertz CT molecular complexity index is 395. The lowest BCUT2D eigenvalue weighted by molar-refractivity contribution is -0.0884. The maximum absolute atomic E-state index is 11.0. The number of likely N-dealkylation sites (tertiary alicyclic amines) is 1. The summed E-state index contributed by atoms with van der Waals surface area (Å²) >= 11 is 0. The highest BCUT2D eigenvalue weighted by molar-refractivity contribution is 5.24. The van der Waals surface area contributed by atoms with Crippen LogP contribution < -0.4 is 0 Å². The van der Waals surface area contributed by atoms with Gasteiger partial charge in [0, 0.05) is 24.5 Å². The van der Waals surface area contributed by atoms with Crippen LogP contribution in [0, 0.1) is 5.92 Å². The lowest BCUT2D eigenvalue weighted by atomic mass is 9.76. The lowest BCUT2D eigenvalue weighted by Gasteiger charge is -2.48. The maximum atomic E-state index is 11.0. The number of hydrogen-bond donors (Lipinski definition) is 1. The van der Waals surface area contributed by atoms with Gasteiger partial charge in [-0.1, -0.05) is 37.3 Å². The van der Waals surface area contributed by atoms with Crippen molar-refractivity contribution in [2.75, 3.05) is 13.1 Å². The summed E-state index contributed by atoms with van der Waals surface area (Å²) < 4.78 is 0. The van der Waals surface area contributed by atoms with E-state index in [4.69, 9.17) is 0 Å². The molecule has 1 aromatic carbocycles. The summed E-state index contributed by atoms with van der Waals surface area (Å²) in [6.45, 7) is 10.8. The van der Waals surface area contributed by atoms with Gasteiger partial charge in [0.1, 0.15) is 0 Å². The number of hydrogen-bond acceptors (Lipinski definition) is 2. The summed E-state index contributed by atoms with van der Waals surface area (Å²) in [5.74, 6) is 0.257. The average Bonchev–Trinajstić information content (AvgIpc) is 2.32. The molecule has 100 valence electrons. The highest BCUT2D eigenvalue weighted by Gasteiger charge is 2.42. The predicted octanol–water partition coefficient (Wildman–Crippen LogP) is 3.01. The van der Waals surface area contributed by atoms with E-state index in [1.54, 1.807) is 0 Å². The van der Waals surface area contributed by atoms with Crippen LogP contribution in [0.15, 0.2) is 30.3 Å². The molecule has 0 radical (unpaired) electrons. The van der Waals surface area contributed by atoms with E-state index in [1.165, 1.54) is 0 Å². The molecule has 0 aromatic heterocycles. The molecule has 18 heavy (non-hydrogen) atoms. The molecule has 2 heteroatoms. The molecule has 2 atom stereocenters. The zero-order chi connectivity index (χ0) is 13.4. The Hall–Kier alpha value is -0.860. The summed E-state index contributed by atoms with van der Waals surface area (Å²) in [5, 5.41) is 11.0. The molecule has 1 saturated heterocycles. The van der Waals surface area contributed by atoms with Gasteiger partial charge in [0.05, 0.1) is 5.60 Å². The maximum Gasteiger partial charge on any atom is 0.0946 e. The third-order valence-corrected chi connectivity index (χ3v) is 4.29. The van der Waals surface area contributed by atoms with Crippen molar-refractivity contribution >= 4 is 0 Å². The van der Waals surface area contributed by atoms with Gasteiger partial charge in [-0.25, -0.2) is 0 Å². The van der Waals surface area contributed by atoms with Crippen molar-refractivity contribution in [3.05, 3.63) is 35.9 Å². The molecule has 0 aliphatic carbocycles. The molecule has 1 heterocycles. The number of rotatable bonds is 1. The van der Waals surface area contributed by atoms with Gasteiger partial charge in [0.2, 0.25) is 0 Å². The molecular weight excluding hydrogens is 222 g/mol. The van der Waals surface area contributed by atoms with Gasteiger partial charge in [-0.2, -0.15) is 0 Å². The Morgan fingerprint density at radius 3 is 2.33 bits per heavy atom. The van der Waals surface area contributed by atoms with Crippen LogP contribution in [0.2, 0.25) is 0 Å². The fraction of sp³-hybridized carbons (Fsp3) is 0.625. The van der Waals surface area contributed by atoms with Crippen LogP contribution >= 0.6 is 0 Å². The van der Waals surface area contributed by atoms with Gasteiger partial charge in [-0.05, 0) is 32.8 Å². The summed E-state index contributed by atoms with van der Waals surface area (Å²) in [5.41, 5.74) is 0.584. The Labute approximate surface area is 111 Å². The topological polar surface area (TPSA) is 23.5 Å². The van der Waals surface area contributed by atoms with E-state index in [1.807, 2.05) is 30.3 Å². The molecule has 0 amide bonds. The van der Waals surface area contributed by atoms with Gasteiger partial charge >= 0.3 is 0 Å². The van der Waals surface area contributed by atoms with Gasteiger partial charge in [-0.15, -0.1) is 0 Å². The Morgan fingerprint density at radius 1 is 1.22 bits per heavy atom. The predicted molar refractivity (Wildman–Crippen MR) is 75.4 cm³/mol. The van der Waals surface area contributed by atoms with Crippen molar-refractivity contribution in [1.29, 1.82) is 0 Å². The minimum Gasteiger partial charge on any atom is -0.385 e. The van der Waals surface area contributed by atoms with E-state index < -0.39 is 5.60 Å². The van der Waals surface area contributed by atoms with Crippen molar-refractivity contribution < 1.29 is 5.11 Å². The Balaban J connectivity index is 2.19. The summed E-state index contributed by atoms with van der Waals surface area (Å²) in [6, 6.07) is 10.1. The van der Waals surface area contributed by atoms with E-state index in [0.717, 1.165) is 25.1 Å². The smallest absolute Gasteiger partial charge is 0.0946 e. The first-order chi connectivity index (χ1) is 8.34. The number of piperidine rings is 1. The molecular formula is C16H25NO. The third kappa shape index (κ3) is 2.45. The van der Waals surface area contributed by atoms with E-state index in [2.05, 4.69) is 32.6 Å². The molecule has 2 rings (SSSR count). The fourth-order valence-corrected chi connectivity index (χ4v) is 2.89. The average molecular weight is 247 g/mol. The molecule has 1 fully saturated rings. The van der Waals surface area contributed by atoms with Crippen LogP contribution in [0.3, 0.4) is 0 Å². The SMILES string of the molecule is CC1CN(C(C)(C)C)CCC1(O)c1ccccc1. The zero-order valence-electron chi connectivity index (χ0n) is 12.0. The second kappa shape index (κ2) is 4.67. The summed E-state index contributed by atoms with van der Waals surface area (Å²) in [7, 11) is 0. The third-order valence-electron chi connectivity index (χ3n) is 4.29. The monoisotopic (exact) mass is 247 g/mol. The first-order valence-corrected chi connectivity index (χ1v) is 6.87. The zero-order valence-corrected chi connectivity index (χ0v) is 12.0. The highest BCUT2D eigenvalue weighted by atomic mass is 16.3. The van der Waals surface area contributed by atoms with Gasteiger partial charge in [0.15, 0.2) is 0 Å². The number of aliphatic hydroxyl groups is 1. The standard InChI is InChI=1S/C16H25NO/c1-13-12-17(15(2,3)4)11-10-16(13,18)14-8-6-5-7-9-14/h5-9,13,18H,10-12H2,1-4H3. The molecule has 2 nitrogen and oxygen atoms in total. The number of nitrogens with zero attached hydrogens (tertiary/aromatic N) is 1. The molecule has 1 aromatic rings. The minimum atomic E-state index is -0.664. The molecule has 1 aliphatic rings. The van der Waals surface area contributed by atoms with Crippen molar-refractivity contribution in [2.45, 2.75) is 45.3 Å². The largest absolute Gasteiger partial charge is 0.385 e. The molecule has 1 aliphatic heterocycles. The molecule has 2 unspecified atom stereocenters. The molecule has 0 saturated carbocycles. The Kier molecular flexibility index (Phi) is 3.52. The first kappa shape index (κ1) is 13.6. The van der Waals surface area contributed by atoms with Crippen LogP contribution in [0.25, 0.3) is 0 Å². The van der Waals surface area contributed by atoms with Crippen molar-refractivity contribution in [3.8, 4) is 0 Å². The van der Waals surface area contributed by atoms with E-state index in [-0.39, 0.29) is 11.5 Å². The minimum absolute atomic E-state index is 0.187. The summed E-state index contributed by atoms with van der Waals surface area (Å²) in [6.07, 6.45) is 0.815. The van der Waals surface area contributed by atoms with Crippen LogP contribution in [-0.2, 0) is 5.60 Å². The lowest BCUT2D eigenvalue weighted by Crippen LogP contribution is -2.54. The van der Waals surface area contributed by atoms with Crippen LogP contribution in [0.1, 0.15) is 39.7 Å². The van der Waals surface area contributed by atoms with E-state index in [0.29, 0.717) is 0 Å². The Morgan fingerprint density at radius 2 is 1.83 bits per heavy atom. The van der Waals surface area contributed by atoms with Gasteiger partial charge in [0.25, 0.3) is 0 Å². The highest BCUT2D eigenvalue weighted by Crippen LogP contribution is 2.38. The number of benzene rings is 1. The normalized spacial score (nSPS) is 30.4. The van der Waals surface area contributed by atoms with Crippen molar-refractivity contribution in [3.63, 3.8) is 0 Å². The fourth-order valence-electron chi connectivity index (χ4n) is 2.89.